The standard InChI is InChI=1S/C12H13FN4OS/c1-2-7-5-16-9(19-7)6-17-12(18)8-3-4-15-11(14)10(8)13/h3-5H,2,6H2,1H3,(H2,14,15)(H,17,18). The summed E-state index contributed by atoms with van der Waals surface area (Å²) >= 11 is 1.52. The van der Waals surface area contributed by atoms with Crippen molar-refractivity contribution < 1.29 is 9.18 Å². The number of carbonyl (C=O) groups excluding carboxylic acids is 1. The molecule has 0 saturated heterocycles. The summed E-state index contributed by atoms with van der Waals surface area (Å²) in [5.74, 6) is -1.61. The number of aromatic nitrogens is 2. The molecule has 0 saturated carbocycles. The fourth-order valence-corrected chi connectivity index (χ4v) is 2.28. The van der Waals surface area contributed by atoms with Crippen LogP contribution in [0.3, 0.4) is 0 Å². The van der Waals surface area contributed by atoms with Crippen molar-refractivity contribution in [3.05, 3.63) is 39.7 Å². The van der Waals surface area contributed by atoms with E-state index in [-0.39, 0.29) is 17.9 Å². The van der Waals surface area contributed by atoms with Crippen molar-refractivity contribution in [3.8, 4) is 0 Å². The van der Waals surface area contributed by atoms with Crippen LogP contribution in [0.2, 0.25) is 0 Å². The van der Waals surface area contributed by atoms with Gasteiger partial charge >= 0.3 is 0 Å². The van der Waals surface area contributed by atoms with Gasteiger partial charge in [0.15, 0.2) is 11.6 Å². The monoisotopic (exact) mass is 280 g/mol. The van der Waals surface area contributed by atoms with Gasteiger partial charge in [0.05, 0.1) is 12.1 Å². The van der Waals surface area contributed by atoms with Gasteiger partial charge in [-0.25, -0.2) is 14.4 Å². The molecule has 7 heteroatoms. The van der Waals surface area contributed by atoms with E-state index in [0.717, 1.165) is 16.3 Å². The number of hydrogen-bond donors (Lipinski definition) is 2. The zero-order valence-corrected chi connectivity index (χ0v) is 11.1. The molecule has 100 valence electrons. The van der Waals surface area contributed by atoms with Crippen LogP contribution in [0.15, 0.2) is 18.5 Å². The molecule has 2 rings (SSSR count). The third-order valence-electron chi connectivity index (χ3n) is 2.51. The lowest BCUT2D eigenvalue weighted by Gasteiger charge is -2.05. The zero-order chi connectivity index (χ0) is 13.8. The summed E-state index contributed by atoms with van der Waals surface area (Å²) < 4.78 is 13.6. The highest BCUT2D eigenvalue weighted by molar-refractivity contribution is 7.11. The average molecular weight is 280 g/mol. The number of nitrogens with zero attached hydrogens (tertiary/aromatic N) is 2. The van der Waals surface area contributed by atoms with Gasteiger partial charge < -0.3 is 11.1 Å². The van der Waals surface area contributed by atoms with Gasteiger partial charge in [-0.2, -0.15) is 0 Å². The second-order valence-corrected chi connectivity index (χ2v) is 5.01. The maximum Gasteiger partial charge on any atom is 0.254 e. The molecular weight excluding hydrogens is 267 g/mol. The molecule has 0 aliphatic carbocycles. The minimum absolute atomic E-state index is 0.111. The van der Waals surface area contributed by atoms with Gasteiger partial charge in [0.25, 0.3) is 5.91 Å². The Morgan fingerprint density at radius 1 is 1.53 bits per heavy atom. The molecule has 1 amide bonds. The summed E-state index contributed by atoms with van der Waals surface area (Å²) in [4.78, 5) is 20.7. The maximum absolute atomic E-state index is 13.6. The highest BCUT2D eigenvalue weighted by Crippen LogP contribution is 2.14. The Kier molecular flexibility index (Phi) is 4.06. The smallest absolute Gasteiger partial charge is 0.254 e. The molecule has 3 N–H and O–H groups in total. The Morgan fingerprint density at radius 3 is 3.00 bits per heavy atom. The molecule has 0 unspecified atom stereocenters. The Balaban J connectivity index is 2.03. The number of amides is 1. The van der Waals surface area contributed by atoms with E-state index >= 15 is 0 Å². The van der Waals surface area contributed by atoms with E-state index < -0.39 is 11.7 Å². The van der Waals surface area contributed by atoms with E-state index in [1.165, 1.54) is 23.6 Å². The van der Waals surface area contributed by atoms with Crippen molar-refractivity contribution in [2.75, 3.05) is 5.73 Å². The van der Waals surface area contributed by atoms with Crippen LogP contribution in [-0.2, 0) is 13.0 Å². The number of hydrogen-bond acceptors (Lipinski definition) is 5. The molecule has 0 aliphatic heterocycles. The molecule has 0 bridgehead atoms. The van der Waals surface area contributed by atoms with Crippen molar-refractivity contribution in [1.82, 2.24) is 15.3 Å². The first-order chi connectivity index (χ1) is 9.11. The Bertz CT molecular complexity index is 599. The number of thiazole rings is 1. The summed E-state index contributed by atoms with van der Waals surface area (Å²) in [6.45, 7) is 2.30. The minimum Gasteiger partial charge on any atom is -0.381 e. The zero-order valence-electron chi connectivity index (χ0n) is 10.3. The Morgan fingerprint density at radius 2 is 2.32 bits per heavy atom. The quantitative estimate of drug-likeness (QED) is 0.894. The van der Waals surface area contributed by atoms with Crippen LogP contribution in [0.25, 0.3) is 0 Å². The molecule has 2 heterocycles. The van der Waals surface area contributed by atoms with Crippen molar-refractivity contribution in [2.24, 2.45) is 0 Å². The molecular formula is C12H13FN4OS. The van der Waals surface area contributed by atoms with Crippen LogP contribution < -0.4 is 11.1 Å². The van der Waals surface area contributed by atoms with Gasteiger partial charge in [0.1, 0.15) is 5.01 Å². The van der Waals surface area contributed by atoms with Crippen molar-refractivity contribution in [3.63, 3.8) is 0 Å². The van der Waals surface area contributed by atoms with E-state index in [9.17, 15) is 9.18 Å². The highest BCUT2D eigenvalue weighted by Gasteiger charge is 2.14. The number of pyridine rings is 1. The first-order valence-corrected chi connectivity index (χ1v) is 6.55. The molecule has 0 aliphatic rings. The number of halogens is 1. The van der Waals surface area contributed by atoms with Crippen LogP contribution >= 0.6 is 11.3 Å². The summed E-state index contributed by atoms with van der Waals surface area (Å²) in [5.41, 5.74) is 5.20. The molecule has 5 nitrogen and oxygen atoms in total. The number of rotatable bonds is 4. The second-order valence-electron chi connectivity index (χ2n) is 3.81. The number of anilines is 1. The Hall–Kier alpha value is -2.02. The largest absolute Gasteiger partial charge is 0.381 e. The lowest BCUT2D eigenvalue weighted by molar-refractivity contribution is 0.0947. The van der Waals surface area contributed by atoms with Crippen LogP contribution in [0, 0.1) is 5.82 Å². The minimum atomic E-state index is -0.798. The summed E-state index contributed by atoms with van der Waals surface area (Å²) in [6, 6.07) is 1.29. The Labute approximate surface area is 113 Å². The number of nitrogen functional groups attached to an aromatic ring is 1. The van der Waals surface area contributed by atoms with Gasteiger partial charge in [0, 0.05) is 17.3 Å². The lowest BCUT2D eigenvalue weighted by atomic mass is 10.2. The SMILES string of the molecule is CCc1cnc(CNC(=O)c2ccnc(N)c2F)s1. The highest BCUT2D eigenvalue weighted by atomic mass is 32.1. The van der Waals surface area contributed by atoms with E-state index in [2.05, 4.69) is 15.3 Å². The predicted octanol–water partition coefficient (Wildman–Crippen LogP) is 1.75. The molecule has 0 spiro atoms. The van der Waals surface area contributed by atoms with Crippen LogP contribution in [0.4, 0.5) is 10.2 Å². The topological polar surface area (TPSA) is 80.9 Å². The molecule has 0 radical (unpaired) electrons. The first-order valence-electron chi connectivity index (χ1n) is 5.73. The van der Waals surface area contributed by atoms with Crippen LogP contribution in [0.5, 0.6) is 0 Å². The van der Waals surface area contributed by atoms with Crippen LogP contribution in [0.1, 0.15) is 27.2 Å². The fraction of sp³-hybridized carbons (Fsp3) is 0.250. The normalized spacial score (nSPS) is 10.4. The van der Waals surface area contributed by atoms with Gasteiger partial charge in [-0.1, -0.05) is 6.92 Å². The molecule has 0 aromatic carbocycles. The summed E-state index contributed by atoms with van der Waals surface area (Å²) in [7, 11) is 0. The number of aryl methyl sites for hydroxylation is 1. The number of nitrogens with two attached hydrogens (primary N) is 1. The summed E-state index contributed by atoms with van der Waals surface area (Å²) in [6.07, 6.45) is 3.98. The second kappa shape index (κ2) is 5.75. The molecule has 2 aromatic heterocycles. The molecule has 0 fully saturated rings. The van der Waals surface area contributed by atoms with Gasteiger partial charge in [0.2, 0.25) is 0 Å². The lowest BCUT2D eigenvalue weighted by Crippen LogP contribution is -2.24. The van der Waals surface area contributed by atoms with Crippen molar-refractivity contribution in [1.29, 1.82) is 0 Å². The third kappa shape index (κ3) is 3.05. The predicted molar refractivity (Wildman–Crippen MR) is 71.3 cm³/mol. The molecule has 2 aromatic rings. The number of nitrogens with one attached hydrogen (secondary N) is 1. The van der Waals surface area contributed by atoms with Gasteiger partial charge in [-0.15, -0.1) is 11.3 Å². The third-order valence-corrected chi connectivity index (χ3v) is 3.65. The van der Waals surface area contributed by atoms with Crippen molar-refractivity contribution >= 4 is 23.1 Å². The summed E-state index contributed by atoms with van der Waals surface area (Å²) in [5, 5.41) is 3.39. The molecule has 0 atom stereocenters. The van der Waals surface area contributed by atoms with E-state index in [1.807, 2.05) is 6.92 Å². The fourth-order valence-electron chi connectivity index (χ4n) is 1.48. The average Bonchev–Trinajstić information content (AvgIpc) is 2.87. The van der Waals surface area contributed by atoms with E-state index in [0.29, 0.717) is 0 Å². The van der Waals surface area contributed by atoms with Gasteiger partial charge in [-0.3, -0.25) is 4.79 Å². The van der Waals surface area contributed by atoms with Gasteiger partial charge in [-0.05, 0) is 12.5 Å². The van der Waals surface area contributed by atoms with E-state index in [4.69, 9.17) is 5.73 Å². The molecule has 19 heavy (non-hydrogen) atoms. The van der Waals surface area contributed by atoms with Crippen molar-refractivity contribution in [2.45, 2.75) is 19.9 Å². The number of carbonyl (C=O) groups is 1. The maximum atomic E-state index is 13.6. The first kappa shape index (κ1) is 13.4. The van der Waals surface area contributed by atoms with Crippen LogP contribution in [-0.4, -0.2) is 15.9 Å². The van der Waals surface area contributed by atoms with E-state index in [1.54, 1.807) is 6.20 Å².